The first-order valence-electron chi connectivity index (χ1n) is 4.93. The normalized spacial score (nSPS) is 9.41. The third kappa shape index (κ3) is 3.53. The van der Waals surface area contributed by atoms with Crippen LogP contribution in [0.4, 0.5) is 5.69 Å². The van der Waals surface area contributed by atoms with Gasteiger partial charge >= 0.3 is 5.69 Å². The fourth-order valence-electron chi connectivity index (χ4n) is 1.51. The molecule has 0 unspecified atom stereocenters. The number of hydrogen-bond acceptors (Lipinski definition) is 2. The number of nitrogens with zero attached hydrogens (tertiary/aromatic N) is 2. The Hall–Kier alpha value is -1.94. The molecule has 0 aliphatic heterocycles. The molecule has 2 rings (SSSR count). The minimum Gasteiger partial charge on any atom is -1.00 e. The molecular weight excluding hydrogens is 240 g/mol. The Labute approximate surface area is 105 Å². The Kier molecular flexibility index (Phi) is 4.60. The van der Waals surface area contributed by atoms with E-state index < -0.39 is 0 Å². The summed E-state index contributed by atoms with van der Waals surface area (Å²) in [7, 11) is 0. The van der Waals surface area contributed by atoms with Gasteiger partial charge in [-0.15, -0.1) is 0 Å². The standard InChI is InChI=1S/C12H11N2O2.ClH/c15-14(16)12-7-4-8-13(10-12)9-11-5-2-1-3-6-11;/h1-8,10H,9H2;1H/q+1;/p-1. The highest BCUT2D eigenvalue weighted by atomic mass is 35.5. The number of benzene rings is 1. The van der Waals surface area contributed by atoms with Gasteiger partial charge in [0.2, 0.25) is 6.20 Å². The van der Waals surface area contributed by atoms with Crippen molar-refractivity contribution < 1.29 is 21.9 Å². The molecule has 0 saturated heterocycles. The molecular formula is C12H11ClN2O2. The highest BCUT2D eigenvalue weighted by molar-refractivity contribution is 5.21. The van der Waals surface area contributed by atoms with Crippen LogP contribution in [0.1, 0.15) is 5.56 Å². The van der Waals surface area contributed by atoms with Gasteiger partial charge in [0.1, 0.15) is 0 Å². The quantitative estimate of drug-likeness (QED) is 0.396. The molecule has 0 radical (unpaired) electrons. The molecule has 17 heavy (non-hydrogen) atoms. The Morgan fingerprint density at radius 1 is 1.12 bits per heavy atom. The molecule has 0 fully saturated rings. The minimum atomic E-state index is -0.387. The van der Waals surface area contributed by atoms with Gasteiger partial charge in [0.25, 0.3) is 0 Å². The van der Waals surface area contributed by atoms with E-state index in [-0.39, 0.29) is 23.0 Å². The lowest BCUT2D eigenvalue weighted by Crippen LogP contribution is -3.00. The molecule has 0 N–H and O–H groups in total. The highest BCUT2D eigenvalue weighted by Gasteiger charge is 2.11. The summed E-state index contributed by atoms with van der Waals surface area (Å²) < 4.78 is 1.80. The first-order chi connectivity index (χ1) is 7.75. The fraction of sp³-hybridized carbons (Fsp3) is 0.0833. The van der Waals surface area contributed by atoms with Crippen molar-refractivity contribution in [2.45, 2.75) is 6.54 Å². The van der Waals surface area contributed by atoms with Crippen LogP contribution < -0.4 is 17.0 Å². The SMILES string of the molecule is O=[N+]([O-])c1ccc[n+](Cc2ccccc2)c1.[Cl-]. The third-order valence-corrected chi connectivity index (χ3v) is 2.26. The molecule has 0 aliphatic carbocycles. The van der Waals surface area contributed by atoms with Crippen molar-refractivity contribution in [2.24, 2.45) is 0 Å². The average molecular weight is 251 g/mol. The summed E-state index contributed by atoms with van der Waals surface area (Å²) in [5, 5.41) is 10.6. The average Bonchev–Trinajstić information content (AvgIpc) is 2.30. The maximum absolute atomic E-state index is 10.6. The summed E-state index contributed by atoms with van der Waals surface area (Å²) >= 11 is 0. The Balaban J connectivity index is 0.00000144. The van der Waals surface area contributed by atoms with E-state index in [1.807, 2.05) is 36.5 Å². The van der Waals surface area contributed by atoms with Crippen LogP contribution in [-0.4, -0.2) is 4.92 Å². The van der Waals surface area contributed by atoms with Crippen LogP contribution in [-0.2, 0) is 6.54 Å². The molecule has 0 spiro atoms. The van der Waals surface area contributed by atoms with Crippen molar-refractivity contribution in [3.05, 3.63) is 70.5 Å². The minimum absolute atomic E-state index is 0. The van der Waals surface area contributed by atoms with Crippen LogP contribution >= 0.6 is 0 Å². The van der Waals surface area contributed by atoms with E-state index in [1.165, 1.54) is 12.3 Å². The zero-order valence-corrected chi connectivity index (χ0v) is 9.75. The van der Waals surface area contributed by atoms with Gasteiger partial charge in [0.15, 0.2) is 12.7 Å². The number of nitro groups is 1. The molecule has 2 aromatic rings. The Morgan fingerprint density at radius 2 is 1.82 bits per heavy atom. The molecule has 0 aliphatic rings. The predicted molar refractivity (Wildman–Crippen MR) is 58.8 cm³/mol. The molecule has 1 aromatic carbocycles. The second kappa shape index (κ2) is 5.96. The summed E-state index contributed by atoms with van der Waals surface area (Å²) in [5.74, 6) is 0. The predicted octanol–water partition coefficient (Wildman–Crippen LogP) is -1.07. The Bertz CT molecular complexity index is 503. The van der Waals surface area contributed by atoms with E-state index in [1.54, 1.807) is 10.6 Å². The molecule has 0 atom stereocenters. The second-order valence-electron chi connectivity index (χ2n) is 3.48. The third-order valence-electron chi connectivity index (χ3n) is 2.26. The van der Waals surface area contributed by atoms with Gasteiger partial charge in [0.05, 0.1) is 4.92 Å². The van der Waals surface area contributed by atoms with Gasteiger partial charge in [-0.3, -0.25) is 10.1 Å². The molecule has 1 aromatic heterocycles. The summed E-state index contributed by atoms with van der Waals surface area (Å²) in [6.07, 6.45) is 3.35. The van der Waals surface area contributed by atoms with Crippen LogP contribution in [0, 0.1) is 10.1 Å². The molecule has 0 saturated carbocycles. The smallest absolute Gasteiger partial charge is 0.332 e. The van der Waals surface area contributed by atoms with E-state index in [2.05, 4.69) is 0 Å². The summed E-state index contributed by atoms with van der Waals surface area (Å²) in [5.41, 5.74) is 1.23. The van der Waals surface area contributed by atoms with Crippen LogP contribution in [0.5, 0.6) is 0 Å². The van der Waals surface area contributed by atoms with Crippen molar-refractivity contribution in [1.29, 1.82) is 0 Å². The number of aromatic nitrogens is 1. The first-order valence-corrected chi connectivity index (χ1v) is 4.93. The van der Waals surface area contributed by atoms with Crippen molar-refractivity contribution in [3.63, 3.8) is 0 Å². The molecule has 4 nitrogen and oxygen atoms in total. The van der Waals surface area contributed by atoms with Crippen LogP contribution in [0.25, 0.3) is 0 Å². The van der Waals surface area contributed by atoms with Gasteiger partial charge in [-0.05, 0) is 0 Å². The highest BCUT2D eigenvalue weighted by Crippen LogP contribution is 2.05. The summed E-state index contributed by atoms with van der Waals surface area (Å²) in [4.78, 5) is 10.2. The molecule has 0 bridgehead atoms. The monoisotopic (exact) mass is 250 g/mol. The lowest BCUT2D eigenvalue weighted by atomic mass is 10.2. The van der Waals surface area contributed by atoms with Crippen LogP contribution in [0.2, 0.25) is 0 Å². The number of halogens is 1. The van der Waals surface area contributed by atoms with Crippen LogP contribution in [0.3, 0.4) is 0 Å². The largest absolute Gasteiger partial charge is 1.00 e. The van der Waals surface area contributed by atoms with E-state index in [4.69, 9.17) is 0 Å². The Morgan fingerprint density at radius 3 is 2.47 bits per heavy atom. The van der Waals surface area contributed by atoms with Crippen molar-refractivity contribution in [2.75, 3.05) is 0 Å². The van der Waals surface area contributed by atoms with Gasteiger partial charge in [-0.25, -0.2) is 0 Å². The zero-order chi connectivity index (χ0) is 11.4. The lowest BCUT2D eigenvalue weighted by molar-refractivity contribution is -0.690. The summed E-state index contributed by atoms with van der Waals surface area (Å²) in [6.45, 7) is 0.641. The molecule has 88 valence electrons. The molecule has 1 heterocycles. The number of pyridine rings is 1. The summed E-state index contributed by atoms with van der Waals surface area (Å²) in [6, 6.07) is 13.0. The topological polar surface area (TPSA) is 47.0 Å². The van der Waals surface area contributed by atoms with E-state index in [9.17, 15) is 10.1 Å². The van der Waals surface area contributed by atoms with Gasteiger partial charge in [-0.1, -0.05) is 30.3 Å². The zero-order valence-electron chi connectivity index (χ0n) is 8.99. The van der Waals surface area contributed by atoms with E-state index in [0.29, 0.717) is 6.54 Å². The fourth-order valence-corrected chi connectivity index (χ4v) is 1.51. The van der Waals surface area contributed by atoms with Gasteiger partial charge in [0, 0.05) is 17.7 Å². The van der Waals surface area contributed by atoms with E-state index in [0.717, 1.165) is 5.56 Å². The van der Waals surface area contributed by atoms with Crippen molar-refractivity contribution >= 4 is 5.69 Å². The van der Waals surface area contributed by atoms with Crippen LogP contribution in [0.15, 0.2) is 54.9 Å². The molecule has 5 heteroatoms. The first kappa shape index (κ1) is 13.1. The van der Waals surface area contributed by atoms with Crippen molar-refractivity contribution in [1.82, 2.24) is 0 Å². The number of rotatable bonds is 3. The van der Waals surface area contributed by atoms with Crippen molar-refractivity contribution in [3.8, 4) is 0 Å². The lowest BCUT2D eigenvalue weighted by Gasteiger charge is -1.96. The maximum Gasteiger partial charge on any atom is 0.332 e. The maximum atomic E-state index is 10.6. The van der Waals surface area contributed by atoms with Gasteiger partial charge in [-0.2, -0.15) is 4.57 Å². The van der Waals surface area contributed by atoms with Gasteiger partial charge < -0.3 is 12.4 Å². The van der Waals surface area contributed by atoms with E-state index >= 15 is 0 Å². The molecule has 0 amide bonds. The second-order valence-corrected chi connectivity index (χ2v) is 3.48. The number of hydrogen-bond donors (Lipinski definition) is 0.